The van der Waals surface area contributed by atoms with Crippen molar-refractivity contribution in [3.05, 3.63) is 24.3 Å². The van der Waals surface area contributed by atoms with E-state index >= 15 is 0 Å². The molecule has 0 aliphatic carbocycles. The molecule has 5 heteroatoms. The average Bonchev–Trinajstić information content (AvgIpc) is 2.36. The second-order valence-electron chi connectivity index (χ2n) is 4.97. The predicted octanol–water partition coefficient (Wildman–Crippen LogP) is 2.40. The minimum absolute atomic E-state index is 0.436. The van der Waals surface area contributed by atoms with Crippen molar-refractivity contribution in [2.24, 2.45) is 0 Å². The molecule has 0 unspecified atom stereocenters. The van der Waals surface area contributed by atoms with E-state index in [4.69, 9.17) is 14.3 Å². The van der Waals surface area contributed by atoms with E-state index in [1.807, 2.05) is 20.8 Å². The Morgan fingerprint density at radius 2 is 1.79 bits per heavy atom. The van der Waals surface area contributed by atoms with Crippen molar-refractivity contribution in [2.75, 3.05) is 25.4 Å². The summed E-state index contributed by atoms with van der Waals surface area (Å²) in [7, 11) is 1.62. The van der Waals surface area contributed by atoms with E-state index in [0.717, 1.165) is 5.75 Å². The van der Waals surface area contributed by atoms with Gasteiger partial charge in [-0.15, -0.1) is 0 Å². The summed E-state index contributed by atoms with van der Waals surface area (Å²) in [6.45, 7) is 6.67. The molecule has 0 heterocycles. The second-order valence-corrected chi connectivity index (χ2v) is 4.97. The minimum atomic E-state index is -0.436. The second kappa shape index (κ2) is 7.11. The van der Waals surface area contributed by atoms with Gasteiger partial charge in [-0.25, -0.2) is 0 Å². The lowest BCUT2D eigenvalue weighted by atomic mass is 10.2. The van der Waals surface area contributed by atoms with Gasteiger partial charge >= 0.3 is 0 Å². The first kappa shape index (κ1) is 15.5. The molecule has 1 amide bonds. The monoisotopic (exact) mass is 267 g/mol. The summed E-state index contributed by atoms with van der Waals surface area (Å²) >= 11 is 0. The standard InChI is InChI=1S/C14H21NO4/c1-14(2,3)19-15(11-16)12-5-7-13(8-6-12)18-10-9-17-4/h5-8,11H,9-10H2,1-4H3. The first-order valence-corrected chi connectivity index (χ1v) is 6.12. The van der Waals surface area contributed by atoms with Crippen LogP contribution in [0.5, 0.6) is 5.75 Å². The fourth-order valence-corrected chi connectivity index (χ4v) is 1.36. The maximum atomic E-state index is 11.0. The van der Waals surface area contributed by atoms with Crippen LogP contribution in [0.3, 0.4) is 0 Å². The summed E-state index contributed by atoms with van der Waals surface area (Å²) in [5, 5.41) is 1.21. The lowest BCUT2D eigenvalue weighted by Crippen LogP contribution is -2.32. The molecule has 0 bridgehead atoms. The van der Waals surface area contributed by atoms with Gasteiger partial charge in [0.1, 0.15) is 12.4 Å². The number of hydroxylamine groups is 1. The molecule has 0 saturated carbocycles. The lowest BCUT2D eigenvalue weighted by molar-refractivity contribution is -0.120. The molecule has 5 nitrogen and oxygen atoms in total. The maximum absolute atomic E-state index is 11.0. The number of ether oxygens (including phenoxy) is 2. The molecule has 0 radical (unpaired) electrons. The number of rotatable bonds is 7. The topological polar surface area (TPSA) is 48.0 Å². The molecule has 1 aromatic carbocycles. The van der Waals surface area contributed by atoms with Gasteiger partial charge in [-0.3, -0.25) is 9.63 Å². The van der Waals surface area contributed by atoms with Gasteiger partial charge in [-0.05, 0) is 45.0 Å². The van der Waals surface area contributed by atoms with Gasteiger partial charge in [0, 0.05) is 7.11 Å². The Morgan fingerprint density at radius 3 is 2.26 bits per heavy atom. The highest BCUT2D eigenvalue weighted by atomic mass is 16.7. The van der Waals surface area contributed by atoms with Crippen LogP contribution in [0.4, 0.5) is 5.69 Å². The Morgan fingerprint density at radius 1 is 1.16 bits per heavy atom. The molecule has 1 aromatic rings. The Balaban J connectivity index is 2.65. The number of hydrogen-bond donors (Lipinski definition) is 0. The molecule has 0 N–H and O–H groups in total. The number of carbonyl (C=O) groups excluding carboxylic acids is 1. The molecule has 0 spiro atoms. The van der Waals surface area contributed by atoms with E-state index in [0.29, 0.717) is 25.3 Å². The third-order valence-corrected chi connectivity index (χ3v) is 2.12. The highest BCUT2D eigenvalue weighted by molar-refractivity contribution is 5.72. The zero-order valence-electron chi connectivity index (χ0n) is 11.9. The van der Waals surface area contributed by atoms with Gasteiger partial charge < -0.3 is 9.47 Å². The lowest BCUT2D eigenvalue weighted by Gasteiger charge is -2.26. The van der Waals surface area contributed by atoms with E-state index in [-0.39, 0.29) is 0 Å². The zero-order valence-corrected chi connectivity index (χ0v) is 11.9. The molecule has 0 aromatic heterocycles. The molecule has 1 rings (SSSR count). The minimum Gasteiger partial charge on any atom is -0.491 e. The molecule has 106 valence electrons. The summed E-state index contributed by atoms with van der Waals surface area (Å²) in [6, 6.07) is 7.10. The van der Waals surface area contributed by atoms with Gasteiger partial charge in [-0.2, -0.15) is 5.06 Å². The van der Waals surface area contributed by atoms with Crippen molar-refractivity contribution in [2.45, 2.75) is 26.4 Å². The molecule has 19 heavy (non-hydrogen) atoms. The molecule has 0 aliphatic heterocycles. The van der Waals surface area contributed by atoms with E-state index in [1.165, 1.54) is 5.06 Å². The summed E-state index contributed by atoms with van der Waals surface area (Å²) in [5.74, 6) is 0.724. The van der Waals surface area contributed by atoms with Gasteiger partial charge in [-0.1, -0.05) is 0 Å². The molecule has 0 atom stereocenters. The highest BCUT2D eigenvalue weighted by Gasteiger charge is 2.17. The maximum Gasteiger partial charge on any atom is 0.238 e. The van der Waals surface area contributed by atoms with Gasteiger partial charge in [0.15, 0.2) is 0 Å². The van der Waals surface area contributed by atoms with Crippen LogP contribution in [-0.4, -0.2) is 32.3 Å². The molecule has 0 aliphatic rings. The SMILES string of the molecule is COCCOc1ccc(N(C=O)OC(C)(C)C)cc1. The predicted molar refractivity (Wildman–Crippen MR) is 73.2 cm³/mol. The van der Waals surface area contributed by atoms with E-state index in [1.54, 1.807) is 31.4 Å². The Kier molecular flexibility index (Phi) is 5.79. The van der Waals surface area contributed by atoms with Crippen LogP contribution in [0.15, 0.2) is 24.3 Å². The van der Waals surface area contributed by atoms with Gasteiger partial charge in [0.2, 0.25) is 6.41 Å². The van der Waals surface area contributed by atoms with Crippen LogP contribution in [0, 0.1) is 0 Å². The van der Waals surface area contributed by atoms with Crippen molar-refractivity contribution >= 4 is 12.1 Å². The third kappa shape index (κ3) is 5.72. The Labute approximate surface area is 114 Å². The summed E-state index contributed by atoms with van der Waals surface area (Å²) in [6.07, 6.45) is 0.645. The molecular weight excluding hydrogens is 246 g/mol. The summed E-state index contributed by atoms with van der Waals surface area (Å²) in [4.78, 5) is 16.5. The van der Waals surface area contributed by atoms with Crippen LogP contribution in [0.25, 0.3) is 0 Å². The molecule has 0 fully saturated rings. The quantitative estimate of drug-likeness (QED) is 0.432. The van der Waals surface area contributed by atoms with Crippen molar-refractivity contribution in [1.29, 1.82) is 0 Å². The molecule has 0 saturated heterocycles. The summed E-state index contributed by atoms with van der Waals surface area (Å²) < 4.78 is 10.3. The van der Waals surface area contributed by atoms with Gasteiger partial charge in [0.05, 0.1) is 17.9 Å². The van der Waals surface area contributed by atoms with Crippen LogP contribution < -0.4 is 9.80 Å². The average molecular weight is 267 g/mol. The number of benzene rings is 1. The van der Waals surface area contributed by atoms with Crippen molar-refractivity contribution < 1.29 is 19.1 Å². The Bertz CT molecular complexity index is 383. The highest BCUT2D eigenvalue weighted by Crippen LogP contribution is 2.21. The van der Waals surface area contributed by atoms with Crippen LogP contribution >= 0.6 is 0 Å². The zero-order chi connectivity index (χ0) is 14.3. The number of amides is 1. The van der Waals surface area contributed by atoms with Crippen LogP contribution in [-0.2, 0) is 14.4 Å². The first-order chi connectivity index (χ1) is 8.96. The number of methoxy groups -OCH3 is 1. The van der Waals surface area contributed by atoms with Crippen molar-refractivity contribution in [3.63, 3.8) is 0 Å². The largest absolute Gasteiger partial charge is 0.491 e. The Hall–Kier alpha value is -1.59. The van der Waals surface area contributed by atoms with Crippen LogP contribution in [0.2, 0.25) is 0 Å². The number of anilines is 1. The van der Waals surface area contributed by atoms with Crippen LogP contribution in [0.1, 0.15) is 20.8 Å². The fourth-order valence-electron chi connectivity index (χ4n) is 1.36. The number of hydrogen-bond acceptors (Lipinski definition) is 4. The van der Waals surface area contributed by atoms with E-state index in [2.05, 4.69) is 0 Å². The van der Waals surface area contributed by atoms with Gasteiger partial charge in [0.25, 0.3) is 0 Å². The smallest absolute Gasteiger partial charge is 0.238 e. The first-order valence-electron chi connectivity index (χ1n) is 6.12. The number of carbonyl (C=O) groups is 1. The summed E-state index contributed by atoms with van der Waals surface area (Å²) in [5.41, 5.74) is 0.221. The fraction of sp³-hybridized carbons (Fsp3) is 0.500. The van der Waals surface area contributed by atoms with E-state index < -0.39 is 5.60 Å². The number of nitrogens with zero attached hydrogens (tertiary/aromatic N) is 1. The van der Waals surface area contributed by atoms with Crippen molar-refractivity contribution in [3.8, 4) is 5.75 Å². The van der Waals surface area contributed by atoms with E-state index in [9.17, 15) is 4.79 Å². The molecular formula is C14H21NO4. The van der Waals surface area contributed by atoms with Crippen molar-refractivity contribution in [1.82, 2.24) is 0 Å². The third-order valence-electron chi connectivity index (χ3n) is 2.12. The normalized spacial score (nSPS) is 11.2.